The van der Waals surface area contributed by atoms with Crippen LogP contribution in [0.4, 0.5) is 0 Å². The Morgan fingerprint density at radius 3 is 2.27 bits per heavy atom. The van der Waals surface area contributed by atoms with E-state index in [-0.39, 0.29) is 0 Å². The maximum atomic E-state index is 9.62. The van der Waals surface area contributed by atoms with Gasteiger partial charge in [0, 0.05) is 5.69 Å². The van der Waals surface area contributed by atoms with Crippen molar-refractivity contribution in [3.8, 4) is 0 Å². The summed E-state index contributed by atoms with van der Waals surface area (Å²) in [4.78, 5) is 0. The summed E-state index contributed by atoms with van der Waals surface area (Å²) in [6.45, 7) is 12.3. The van der Waals surface area contributed by atoms with E-state index in [2.05, 4.69) is 12.0 Å². The summed E-state index contributed by atoms with van der Waals surface area (Å²) >= 11 is 0. The zero-order valence-corrected chi connectivity index (χ0v) is 10.8. The van der Waals surface area contributed by atoms with Crippen LogP contribution in [-0.2, 0) is 13.0 Å². The van der Waals surface area contributed by atoms with Gasteiger partial charge in [-0.25, -0.2) is 0 Å². The second-order valence-corrected chi connectivity index (χ2v) is 4.08. The molecule has 0 aliphatic carbocycles. The van der Waals surface area contributed by atoms with Crippen molar-refractivity contribution in [1.82, 2.24) is 9.78 Å². The third-order valence-corrected chi connectivity index (χ3v) is 2.12. The second kappa shape index (κ2) is 5.91. The highest BCUT2D eigenvalue weighted by Crippen LogP contribution is 2.11. The van der Waals surface area contributed by atoms with Crippen LogP contribution in [0.1, 0.15) is 45.9 Å². The normalized spacial score (nSPS) is 10.9. The minimum Gasteiger partial charge on any atom is -0.389 e. The molecule has 15 heavy (non-hydrogen) atoms. The maximum Gasteiger partial charge on any atom is 0.0786 e. The van der Waals surface area contributed by atoms with Gasteiger partial charge in [0.25, 0.3) is 0 Å². The Kier molecular flexibility index (Phi) is 5.58. The van der Waals surface area contributed by atoms with E-state index >= 15 is 0 Å². The van der Waals surface area contributed by atoms with E-state index in [9.17, 15) is 5.11 Å². The summed E-state index contributed by atoms with van der Waals surface area (Å²) in [6, 6.07) is 0. The lowest BCUT2D eigenvalue weighted by atomic mass is 10.1. The molecule has 0 amide bonds. The molecule has 0 spiro atoms. The Hall–Kier alpha value is -0.830. The molecule has 0 aromatic carbocycles. The van der Waals surface area contributed by atoms with Crippen molar-refractivity contribution in [3.63, 3.8) is 0 Å². The summed E-state index contributed by atoms with van der Waals surface area (Å²) in [7, 11) is 0. The molecular formula is C12H24N2O. The Morgan fingerprint density at radius 2 is 1.93 bits per heavy atom. The van der Waals surface area contributed by atoms with Crippen LogP contribution < -0.4 is 0 Å². The van der Waals surface area contributed by atoms with Crippen molar-refractivity contribution in [2.24, 2.45) is 0 Å². The summed E-state index contributed by atoms with van der Waals surface area (Å²) in [5.41, 5.74) is 1.72. The number of aliphatic hydroxyl groups is 1. The van der Waals surface area contributed by atoms with Crippen LogP contribution >= 0.6 is 0 Å². The van der Waals surface area contributed by atoms with Crippen LogP contribution in [0.2, 0.25) is 0 Å². The first-order valence-corrected chi connectivity index (χ1v) is 5.67. The molecule has 0 saturated carbocycles. The van der Waals surface area contributed by atoms with E-state index < -0.39 is 5.60 Å². The van der Waals surface area contributed by atoms with Gasteiger partial charge in [0.15, 0.2) is 0 Å². The summed E-state index contributed by atoms with van der Waals surface area (Å²) in [5.74, 6) is 0. The van der Waals surface area contributed by atoms with E-state index in [4.69, 9.17) is 0 Å². The summed E-state index contributed by atoms with van der Waals surface area (Å²) in [6.07, 6.45) is 2.87. The van der Waals surface area contributed by atoms with Crippen molar-refractivity contribution >= 4 is 0 Å². The fraction of sp³-hybridized carbons (Fsp3) is 0.750. The molecule has 0 unspecified atom stereocenters. The van der Waals surface area contributed by atoms with Crippen LogP contribution in [0.3, 0.4) is 0 Å². The Balaban J connectivity index is 0.000000921. The number of nitrogens with zero attached hydrogens (tertiary/aromatic N) is 2. The fourth-order valence-electron chi connectivity index (χ4n) is 1.36. The summed E-state index contributed by atoms with van der Waals surface area (Å²) in [5, 5.41) is 13.8. The summed E-state index contributed by atoms with van der Waals surface area (Å²) < 4.78 is 1.86. The molecule has 1 aromatic rings. The van der Waals surface area contributed by atoms with Crippen LogP contribution in [0.5, 0.6) is 0 Å². The van der Waals surface area contributed by atoms with Crippen molar-refractivity contribution < 1.29 is 5.11 Å². The van der Waals surface area contributed by atoms with Gasteiger partial charge in [0.1, 0.15) is 0 Å². The Morgan fingerprint density at radius 1 is 1.40 bits per heavy atom. The minimum atomic E-state index is -0.693. The number of aromatic nitrogens is 2. The van der Waals surface area contributed by atoms with E-state index in [0.717, 1.165) is 12.1 Å². The van der Waals surface area contributed by atoms with Gasteiger partial charge in [-0.3, -0.25) is 4.68 Å². The quantitative estimate of drug-likeness (QED) is 0.836. The van der Waals surface area contributed by atoms with Crippen molar-refractivity contribution in [2.75, 3.05) is 0 Å². The standard InChI is InChI=1S/C10H18N2O.C2H6/c1-5-9-6-11-12(8(9)2)7-10(3,4)13;1-2/h6,13H,5,7H2,1-4H3;1-2H3. The highest BCUT2D eigenvalue weighted by atomic mass is 16.3. The predicted octanol–water partition coefficient (Wildman–Crippen LogP) is 2.55. The molecule has 0 saturated heterocycles. The lowest BCUT2D eigenvalue weighted by Crippen LogP contribution is -2.27. The van der Waals surface area contributed by atoms with Crippen molar-refractivity contribution in [3.05, 3.63) is 17.5 Å². The average Bonchev–Trinajstić information content (AvgIpc) is 2.49. The van der Waals surface area contributed by atoms with Gasteiger partial charge in [-0.2, -0.15) is 5.10 Å². The van der Waals surface area contributed by atoms with Gasteiger partial charge >= 0.3 is 0 Å². The van der Waals surface area contributed by atoms with Gasteiger partial charge in [-0.15, -0.1) is 0 Å². The third kappa shape index (κ3) is 4.47. The fourth-order valence-corrected chi connectivity index (χ4v) is 1.36. The molecule has 1 rings (SSSR count). The number of aryl methyl sites for hydroxylation is 1. The van der Waals surface area contributed by atoms with Crippen molar-refractivity contribution in [2.45, 2.75) is 60.1 Å². The highest BCUT2D eigenvalue weighted by Gasteiger charge is 2.15. The molecule has 0 aliphatic heterocycles. The molecule has 0 bridgehead atoms. The molecule has 0 aliphatic rings. The van der Waals surface area contributed by atoms with E-state index in [1.807, 2.05) is 31.6 Å². The van der Waals surface area contributed by atoms with Crippen molar-refractivity contribution in [1.29, 1.82) is 0 Å². The average molecular weight is 212 g/mol. The number of hydrogen-bond acceptors (Lipinski definition) is 2. The maximum absolute atomic E-state index is 9.62. The van der Waals surface area contributed by atoms with Crippen LogP contribution in [0.25, 0.3) is 0 Å². The highest BCUT2D eigenvalue weighted by molar-refractivity contribution is 5.15. The van der Waals surface area contributed by atoms with Gasteiger partial charge in [-0.1, -0.05) is 20.8 Å². The SMILES string of the molecule is CC.CCc1cnn(CC(C)(C)O)c1C. The zero-order valence-electron chi connectivity index (χ0n) is 10.8. The molecular weight excluding hydrogens is 188 g/mol. The Labute approximate surface area is 93.1 Å². The monoisotopic (exact) mass is 212 g/mol. The van der Waals surface area contributed by atoms with Gasteiger partial charge in [0.2, 0.25) is 0 Å². The molecule has 0 fully saturated rings. The molecule has 1 heterocycles. The largest absolute Gasteiger partial charge is 0.389 e. The van der Waals surface area contributed by atoms with Crippen LogP contribution in [0.15, 0.2) is 6.20 Å². The molecule has 88 valence electrons. The topological polar surface area (TPSA) is 38.0 Å². The first-order chi connectivity index (χ1) is 6.94. The number of rotatable bonds is 3. The molecule has 1 N–H and O–H groups in total. The second-order valence-electron chi connectivity index (χ2n) is 4.08. The molecule has 0 atom stereocenters. The van der Waals surface area contributed by atoms with Crippen LogP contribution in [0, 0.1) is 6.92 Å². The third-order valence-electron chi connectivity index (χ3n) is 2.12. The molecule has 3 nitrogen and oxygen atoms in total. The molecule has 1 aromatic heterocycles. The van der Waals surface area contributed by atoms with Gasteiger partial charge < -0.3 is 5.11 Å². The zero-order chi connectivity index (χ0) is 12.1. The lowest BCUT2D eigenvalue weighted by Gasteiger charge is -2.18. The molecule has 0 radical (unpaired) electrons. The minimum absolute atomic E-state index is 0.554. The Bertz CT molecular complexity index is 284. The molecule has 3 heteroatoms. The van der Waals surface area contributed by atoms with Crippen LogP contribution in [-0.4, -0.2) is 20.5 Å². The van der Waals surface area contributed by atoms with Gasteiger partial charge in [-0.05, 0) is 32.8 Å². The predicted molar refractivity (Wildman–Crippen MR) is 64.0 cm³/mol. The smallest absolute Gasteiger partial charge is 0.0786 e. The van der Waals surface area contributed by atoms with Gasteiger partial charge in [0.05, 0.1) is 18.3 Å². The first kappa shape index (κ1) is 14.2. The lowest BCUT2D eigenvalue weighted by molar-refractivity contribution is 0.0570. The first-order valence-electron chi connectivity index (χ1n) is 5.67. The number of hydrogen-bond donors (Lipinski definition) is 1. The van der Waals surface area contributed by atoms with E-state index in [1.54, 1.807) is 13.8 Å². The van der Waals surface area contributed by atoms with E-state index in [1.165, 1.54) is 5.56 Å². The van der Waals surface area contributed by atoms with E-state index in [0.29, 0.717) is 6.54 Å².